The smallest absolute Gasteiger partial charge is 0.112 e. The van der Waals surface area contributed by atoms with Gasteiger partial charge in [-0.25, -0.2) is 0 Å². The molecule has 0 radical (unpaired) electrons. The van der Waals surface area contributed by atoms with Crippen molar-refractivity contribution < 1.29 is 9.59 Å². The number of unbranched alkanes of at least 4 members (excludes halogenated alkanes) is 17. The molecule has 0 aliphatic rings. The predicted molar refractivity (Wildman–Crippen MR) is 147 cm³/mol. The fourth-order valence-corrected chi connectivity index (χ4v) is 5.13. The van der Waals surface area contributed by atoms with E-state index >= 15 is 0 Å². The van der Waals surface area contributed by atoms with E-state index in [1.807, 2.05) is 0 Å². The Morgan fingerprint density at radius 3 is 1.39 bits per heavy atom. The molecule has 0 spiro atoms. The normalized spacial score (nSPS) is 12.8. The minimum Gasteiger partial charge on any atom is -0.390 e. The van der Waals surface area contributed by atoms with Gasteiger partial charge in [-0.05, 0) is 6.42 Å². The topological polar surface area (TPSA) is 20.2 Å². The van der Waals surface area contributed by atoms with Gasteiger partial charge in [0.25, 0.3) is 0 Å². The zero-order valence-corrected chi connectivity index (χ0v) is 22.7. The van der Waals surface area contributed by atoms with Crippen LogP contribution in [0.5, 0.6) is 0 Å². The van der Waals surface area contributed by atoms with Crippen LogP contribution in [0.2, 0.25) is 0 Å². The van der Waals surface area contributed by atoms with Crippen LogP contribution in [-0.4, -0.2) is 36.3 Å². The Hall–Kier alpha value is -0.860. The molecular formula is C31H58NO+. The summed E-state index contributed by atoms with van der Waals surface area (Å²) in [5.41, 5.74) is 1.36. The molecule has 0 bridgehead atoms. The van der Waals surface area contributed by atoms with E-state index < -0.39 is 0 Å². The standard InChI is InChI=1S/C31H58NO/c1-4-5-6-7-8-9-10-11-12-13-14-15-16-17-18-19-20-24-27-31(29-33)32(2,3)28-30-25-22-21-23-26-30/h21-23,25-26,31,33H,4-20,24,27-29H2,1-3H3/q+1. The molecule has 0 saturated carbocycles. The second-order valence-corrected chi connectivity index (χ2v) is 11.1. The van der Waals surface area contributed by atoms with E-state index in [1.54, 1.807) is 0 Å². The molecule has 1 rings (SSSR count). The lowest BCUT2D eigenvalue weighted by molar-refractivity contribution is -0.928. The van der Waals surface area contributed by atoms with E-state index in [0.717, 1.165) is 17.4 Å². The highest BCUT2D eigenvalue weighted by atomic mass is 16.3. The minimum atomic E-state index is 0.290. The molecule has 0 fully saturated rings. The lowest BCUT2D eigenvalue weighted by Crippen LogP contribution is -2.50. The summed E-state index contributed by atoms with van der Waals surface area (Å²) in [5, 5.41) is 9.97. The quantitative estimate of drug-likeness (QED) is 0.127. The summed E-state index contributed by atoms with van der Waals surface area (Å²) in [6.07, 6.45) is 26.7. The average Bonchev–Trinajstić information content (AvgIpc) is 2.81. The average molecular weight is 461 g/mol. The first-order valence-corrected chi connectivity index (χ1v) is 14.6. The Bertz CT molecular complexity index is 527. The van der Waals surface area contributed by atoms with Gasteiger partial charge in [-0.3, -0.25) is 0 Å². The Balaban J connectivity index is 1.91. The molecule has 1 aromatic rings. The van der Waals surface area contributed by atoms with Gasteiger partial charge in [-0.15, -0.1) is 0 Å². The van der Waals surface area contributed by atoms with Gasteiger partial charge in [0.15, 0.2) is 0 Å². The second kappa shape index (κ2) is 20.5. The zero-order valence-electron chi connectivity index (χ0n) is 22.7. The van der Waals surface area contributed by atoms with Crippen LogP contribution in [0.25, 0.3) is 0 Å². The zero-order chi connectivity index (χ0) is 24.0. The van der Waals surface area contributed by atoms with Crippen molar-refractivity contribution >= 4 is 0 Å². The maximum absolute atomic E-state index is 9.97. The van der Waals surface area contributed by atoms with Crippen LogP contribution in [0.4, 0.5) is 0 Å². The number of rotatable bonds is 23. The van der Waals surface area contributed by atoms with Crippen LogP contribution in [0.15, 0.2) is 30.3 Å². The minimum absolute atomic E-state index is 0.290. The van der Waals surface area contributed by atoms with E-state index in [2.05, 4.69) is 51.4 Å². The van der Waals surface area contributed by atoms with Crippen molar-refractivity contribution in [1.82, 2.24) is 0 Å². The second-order valence-electron chi connectivity index (χ2n) is 11.1. The Labute approximate surface area is 207 Å². The number of likely N-dealkylation sites (N-methyl/N-ethyl adjacent to an activating group) is 1. The van der Waals surface area contributed by atoms with E-state index in [9.17, 15) is 5.11 Å². The number of aliphatic hydroxyl groups excluding tert-OH is 1. The van der Waals surface area contributed by atoms with Crippen molar-refractivity contribution in [2.45, 2.75) is 142 Å². The van der Waals surface area contributed by atoms with Crippen LogP contribution >= 0.6 is 0 Å². The van der Waals surface area contributed by atoms with E-state index in [0.29, 0.717) is 12.6 Å². The molecule has 1 atom stereocenters. The SMILES string of the molecule is CCCCCCCCCCCCCCCCCCCCC(CO)[N+](C)(C)Cc1ccccc1. The first kappa shape index (κ1) is 30.2. The predicted octanol–water partition coefficient (Wildman–Crippen LogP) is 9.06. The number of nitrogens with zero attached hydrogens (tertiary/aromatic N) is 1. The van der Waals surface area contributed by atoms with Crippen LogP contribution in [0.3, 0.4) is 0 Å². The lowest BCUT2D eigenvalue weighted by Gasteiger charge is -2.37. The summed E-state index contributed by atoms with van der Waals surface area (Å²) in [6.45, 7) is 3.58. The molecule has 33 heavy (non-hydrogen) atoms. The molecule has 2 heteroatoms. The summed E-state index contributed by atoms with van der Waals surface area (Å²) >= 11 is 0. The van der Waals surface area contributed by atoms with Gasteiger partial charge in [0.2, 0.25) is 0 Å². The third kappa shape index (κ3) is 16.4. The maximum Gasteiger partial charge on any atom is 0.112 e. The Kier molecular flexibility index (Phi) is 18.7. The Morgan fingerprint density at radius 2 is 1.00 bits per heavy atom. The van der Waals surface area contributed by atoms with Gasteiger partial charge >= 0.3 is 0 Å². The summed E-state index contributed by atoms with van der Waals surface area (Å²) in [4.78, 5) is 0. The highest BCUT2D eigenvalue weighted by Crippen LogP contribution is 2.20. The number of benzene rings is 1. The van der Waals surface area contributed by atoms with Crippen LogP contribution < -0.4 is 0 Å². The molecule has 2 nitrogen and oxygen atoms in total. The fraction of sp³-hybridized carbons (Fsp3) is 0.806. The maximum atomic E-state index is 9.97. The molecule has 0 aliphatic heterocycles. The van der Waals surface area contributed by atoms with Gasteiger partial charge in [-0.1, -0.05) is 146 Å². The highest BCUT2D eigenvalue weighted by Gasteiger charge is 2.27. The molecule has 1 unspecified atom stereocenters. The molecule has 0 heterocycles. The third-order valence-electron chi connectivity index (χ3n) is 7.52. The van der Waals surface area contributed by atoms with Gasteiger partial charge < -0.3 is 9.59 Å². The summed E-state index contributed by atoms with van der Waals surface area (Å²) < 4.78 is 0.874. The van der Waals surface area contributed by atoms with Crippen molar-refractivity contribution in [3.8, 4) is 0 Å². The highest BCUT2D eigenvalue weighted by molar-refractivity contribution is 5.13. The molecular weight excluding hydrogens is 402 g/mol. The number of hydrogen-bond donors (Lipinski definition) is 1. The van der Waals surface area contributed by atoms with Crippen molar-refractivity contribution in [3.63, 3.8) is 0 Å². The number of aliphatic hydroxyl groups is 1. The molecule has 0 amide bonds. The van der Waals surface area contributed by atoms with Crippen LogP contribution in [0.1, 0.15) is 134 Å². The molecule has 0 saturated heterocycles. The monoisotopic (exact) mass is 460 g/mol. The van der Waals surface area contributed by atoms with E-state index in [-0.39, 0.29) is 0 Å². The van der Waals surface area contributed by atoms with Gasteiger partial charge in [0.1, 0.15) is 12.6 Å². The largest absolute Gasteiger partial charge is 0.390 e. The Morgan fingerprint density at radius 1 is 0.606 bits per heavy atom. The van der Waals surface area contributed by atoms with Crippen LogP contribution in [0, 0.1) is 0 Å². The van der Waals surface area contributed by atoms with E-state index in [4.69, 9.17) is 0 Å². The van der Waals surface area contributed by atoms with Crippen molar-refractivity contribution in [1.29, 1.82) is 0 Å². The molecule has 1 aromatic carbocycles. The molecule has 192 valence electrons. The summed E-state index contributed by atoms with van der Waals surface area (Å²) in [6, 6.07) is 11.0. The third-order valence-corrected chi connectivity index (χ3v) is 7.52. The van der Waals surface area contributed by atoms with Crippen molar-refractivity contribution in [2.24, 2.45) is 0 Å². The number of quaternary nitrogens is 1. The van der Waals surface area contributed by atoms with Gasteiger partial charge in [0.05, 0.1) is 20.7 Å². The fourth-order valence-electron chi connectivity index (χ4n) is 5.13. The first-order valence-electron chi connectivity index (χ1n) is 14.6. The van der Waals surface area contributed by atoms with Crippen molar-refractivity contribution in [3.05, 3.63) is 35.9 Å². The van der Waals surface area contributed by atoms with Gasteiger partial charge in [-0.2, -0.15) is 0 Å². The van der Waals surface area contributed by atoms with E-state index in [1.165, 1.54) is 121 Å². The first-order chi connectivity index (χ1) is 16.1. The number of hydrogen-bond acceptors (Lipinski definition) is 1. The summed E-state index contributed by atoms with van der Waals surface area (Å²) in [7, 11) is 4.53. The lowest BCUT2D eigenvalue weighted by atomic mass is 10.0. The molecule has 0 aromatic heterocycles. The van der Waals surface area contributed by atoms with Crippen LogP contribution in [-0.2, 0) is 6.54 Å². The molecule has 1 N–H and O–H groups in total. The molecule has 0 aliphatic carbocycles. The van der Waals surface area contributed by atoms with Gasteiger partial charge in [0, 0.05) is 12.0 Å². The van der Waals surface area contributed by atoms with Crippen molar-refractivity contribution in [2.75, 3.05) is 20.7 Å². The summed E-state index contributed by atoms with van der Waals surface area (Å²) in [5.74, 6) is 0.